The van der Waals surface area contributed by atoms with E-state index in [0.717, 1.165) is 23.0 Å². The maximum absolute atomic E-state index is 11.1. The zero-order valence-corrected chi connectivity index (χ0v) is 9.96. The molecular formula is C10H15N3O2S. The predicted molar refractivity (Wildman–Crippen MR) is 61.6 cm³/mol. The van der Waals surface area contributed by atoms with Crippen LogP contribution in [0.4, 0.5) is 0 Å². The highest BCUT2D eigenvalue weighted by Crippen LogP contribution is 2.16. The van der Waals surface area contributed by atoms with E-state index in [0.29, 0.717) is 13.1 Å². The van der Waals surface area contributed by atoms with Gasteiger partial charge in [-0.2, -0.15) is 0 Å². The van der Waals surface area contributed by atoms with Crippen molar-refractivity contribution in [2.45, 2.75) is 19.5 Å². The van der Waals surface area contributed by atoms with Gasteiger partial charge in [0, 0.05) is 37.3 Å². The summed E-state index contributed by atoms with van der Waals surface area (Å²) in [5.41, 5.74) is 0. The Hall–Kier alpha value is -0.980. The van der Waals surface area contributed by atoms with Gasteiger partial charge in [0.1, 0.15) is 6.04 Å². The minimum Gasteiger partial charge on any atom is -0.480 e. The minimum absolute atomic E-state index is 0.420. The lowest BCUT2D eigenvalue weighted by molar-refractivity contribution is -0.144. The molecule has 0 spiro atoms. The number of carboxylic acid groups (broad SMARTS) is 1. The normalized spacial score (nSPS) is 22.2. The van der Waals surface area contributed by atoms with E-state index in [1.54, 1.807) is 11.3 Å². The largest absolute Gasteiger partial charge is 0.480 e. The first-order chi connectivity index (χ1) is 7.66. The van der Waals surface area contributed by atoms with Gasteiger partial charge in [0.2, 0.25) is 0 Å². The van der Waals surface area contributed by atoms with Crippen LogP contribution < -0.4 is 5.32 Å². The van der Waals surface area contributed by atoms with Crippen molar-refractivity contribution in [2.24, 2.45) is 0 Å². The Kier molecular flexibility index (Phi) is 3.52. The average Bonchev–Trinajstić information content (AvgIpc) is 2.64. The minimum atomic E-state index is -0.756. The summed E-state index contributed by atoms with van der Waals surface area (Å²) in [6, 6.07) is -0.420. The first-order valence-corrected chi connectivity index (χ1v) is 6.07. The molecular weight excluding hydrogens is 226 g/mol. The Morgan fingerprint density at radius 2 is 2.62 bits per heavy atom. The maximum atomic E-state index is 11.1. The van der Waals surface area contributed by atoms with E-state index in [1.807, 2.05) is 18.0 Å². The number of hydrogen-bond acceptors (Lipinski definition) is 5. The third-order valence-electron chi connectivity index (χ3n) is 2.67. The molecule has 1 aliphatic heterocycles. The number of nitrogens with one attached hydrogen (secondary N) is 1. The molecule has 0 bridgehead atoms. The molecule has 0 aliphatic carbocycles. The topological polar surface area (TPSA) is 65.5 Å². The molecule has 2 heterocycles. The van der Waals surface area contributed by atoms with Crippen LogP contribution in [0.3, 0.4) is 0 Å². The molecule has 5 nitrogen and oxygen atoms in total. The van der Waals surface area contributed by atoms with Crippen LogP contribution in [-0.2, 0) is 11.3 Å². The summed E-state index contributed by atoms with van der Waals surface area (Å²) in [5, 5.41) is 13.2. The SMILES string of the molecule is Cc1ncc(CN2CCNCC2C(=O)O)s1. The molecule has 2 N–H and O–H groups in total. The lowest BCUT2D eigenvalue weighted by Gasteiger charge is -2.32. The lowest BCUT2D eigenvalue weighted by atomic mass is 10.2. The van der Waals surface area contributed by atoms with Crippen LogP contribution in [0, 0.1) is 6.92 Å². The van der Waals surface area contributed by atoms with E-state index in [2.05, 4.69) is 10.3 Å². The maximum Gasteiger partial charge on any atom is 0.322 e. The summed E-state index contributed by atoms with van der Waals surface area (Å²) in [4.78, 5) is 18.4. The second-order valence-electron chi connectivity index (χ2n) is 3.87. The standard InChI is InChI=1S/C10H15N3O2S/c1-7-12-4-8(16-7)6-13-3-2-11-5-9(13)10(14)15/h4,9,11H,2-3,5-6H2,1H3,(H,14,15). The summed E-state index contributed by atoms with van der Waals surface area (Å²) in [5.74, 6) is -0.756. The molecule has 1 aliphatic rings. The van der Waals surface area contributed by atoms with Gasteiger partial charge >= 0.3 is 5.97 Å². The highest BCUT2D eigenvalue weighted by molar-refractivity contribution is 7.11. The quantitative estimate of drug-likeness (QED) is 0.797. The molecule has 1 atom stereocenters. The van der Waals surface area contributed by atoms with Crippen molar-refractivity contribution in [3.63, 3.8) is 0 Å². The van der Waals surface area contributed by atoms with Crippen molar-refractivity contribution in [1.82, 2.24) is 15.2 Å². The Labute approximate surface area is 98.1 Å². The smallest absolute Gasteiger partial charge is 0.322 e. The summed E-state index contributed by atoms with van der Waals surface area (Å²) in [6.45, 7) is 4.79. The molecule has 2 rings (SSSR count). The third-order valence-corrected chi connectivity index (χ3v) is 3.56. The van der Waals surface area contributed by atoms with Crippen molar-refractivity contribution >= 4 is 17.3 Å². The molecule has 0 radical (unpaired) electrons. The summed E-state index contributed by atoms with van der Waals surface area (Å²) in [6.07, 6.45) is 1.83. The molecule has 0 aromatic carbocycles. The molecule has 1 aromatic heterocycles. The van der Waals surface area contributed by atoms with Gasteiger partial charge < -0.3 is 10.4 Å². The first kappa shape index (κ1) is 11.5. The Morgan fingerprint density at radius 3 is 3.25 bits per heavy atom. The van der Waals surface area contributed by atoms with E-state index in [-0.39, 0.29) is 0 Å². The fraction of sp³-hybridized carbons (Fsp3) is 0.600. The molecule has 0 saturated carbocycles. The molecule has 1 unspecified atom stereocenters. The van der Waals surface area contributed by atoms with Gasteiger partial charge in [0.15, 0.2) is 0 Å². The van der Waals surface area contributed by atoms with Gasteiger partial charge in [-0.15, -0.1) is 11.3 Å². The van der Waals surface area contributed by atoms with Crippen molar-refractivity contribution in [1.29, 1.82) is 0 Å². The predicted octanol–water partition coefficient (Wildman–Crippen LogP) is 0.310. The van der Waals surface area contributed by atoms with Crippen LogP contribution in [0.1, 0.15) is 9.88 Å². The number of piperazine rings is 1. The average molecular weight is 241 g/mol. The van der Waals surface area contributed by atoms with Gasteiger partial charge in [-0.25, -0.2) is 4.98 Å². The lowest BCUT2D eigenvalue weighted by Crippen LogP contribution is -2.54. The van der Waals surface area contributed by atoms with Gasteiger partial charge in [-0.3, -0.25) is 9.69 Å². The summed E-state index contributed by atoms with van der Waals surface area (Å²) >= 11 is 1.63. The summed E-state index contributed by atoms with van der Waals surface area (Å²) < 4.78 is 0. The van der Waals surface area contributed by atoms with Crippen LogP contribution in [-0.4, -0.2) is 46.6 Å². The number of aryl methyl sites for hydroxylation is 1. The van der Waals surface area contributed by atoms with Gasteiger partial charge in [-0.05, 0) is 6.92 Å². The van der Waals surface area contributed by atoms with E-state index >= 15 is 0 Å². The molecule has 1 saturated heterocycles. The van der Waals surface area contributed by atoms with Crippen molar-refractivity contribution < 1.29 is 9.90 Å². The number of carboxylic acids is 1. The van der Waals surface area contributed by atoms with Gasteiger partial charge in [-0.1, -0.05) is 0 Å². The number of thiazole rings is 1. The van der Waals surface area contributed by atoms with E-state index in [1.165, 1.54) is 0 Å². The second-order valence-corrected chi connectivity index (χ2v) is 5.19. The number of rotatable bonds is 3. The highest BCUT2D eigenvalue weighted by Gasteiger charge is 2.28. The van der Waals surface area contributed by atoms with E-state index < -0.39 is 12.0 Å². The van der Waals surface area contributed by atoms with E-state index in [4.69, 9.17) is 5.11 Å². The van der Waals surface area contributed by atoms with Crippen molar-refractivity contribution in [2.75, 3.05) is 19.6 Å². The first-order valence-electron chi connectivity index (χ1n) is 5.25. The fourth-order valence-corrected chi connectivity index (χ4v) is 2.68. The molecule has 1 fully saturated rings. The number of carbonyl (C=O) groups is 1. The Balaban J connectivity index is 2.03. The van der Waals surface area contributed by atoms with Crippen molar-refractivity contribution in [3.8, 4) is 0 Å². The number of aromatic nitrogens is 1. The number of nitrogens with zero attached hydrogens (tertiary/aromatic N) is 2. The zero-order valence-electron chi connectivity index (χ0n) is 9.14. The molecule has 16 heavy (non-hydrogen) atoms. The monoisotopic (exact) mass is 241 g/mol. The zero-order chi connectivity index (χ0) is 11.5. The van der Waals surface area contributed by atoms with E-state index in [9.17, 15) is 4.79 Å². The summed E-state index contributed by atoms with van der Waals surface area (Å²) in [7, 11) is 0. The van der Waals surface area contributed by atoms with Crippen molar-refractivity contribution in [3.05, 3.63) is 16.1 Å². The van der Waals surface area contributed by atoms with Crippen LogP contribution in [0.25, 0.3) is 0 Å². The number of aliphatic carboxylic acids is 1. The molecule has 6 heteroatoms. The van der Waals surface area contributed by atoms with Crippen LogP contribution in [0.5, 0.6) is 0 Å². The van der Waals surface area contributed by atoms with Crippen LogP contribution in [0.15, 0.2) is 6.20 Å². The third kappa shape index (κ3) is 2.58. The van der Waals surface area contributed by atoms with Gasteiger partial charge in [0.25, 0.3) is 0 Å². The fourth-order valence-electron chi connectivity index (χ4n) is 1.86. The Morgan fingerprint density at radius 1 is 1.81 bits per heavy atom. The molecule has 1 aromatic rings. The number of hydrogen-bond donors (Lipinski definition) is 2. The molecule has 0 amide bonds. The highest BCUT2D eigenvalue weighted by atomic mass is 32.1. The van der Waals surface area contributed by atoms with Crippen LogP contribution in [0.2, 0.25) is 0 Å². The second kappa shape index (κ2) is 4.90. The van der Waals surface area contributed by atoms with Crippen LogP contribution >= 0.6 is 11.3 Å². The Bertz CT molecular complexity index is 380. The molecule has 88 valence electrons. The van der Waals surface area contributed by atoms with Gasteiger partial charge in [0.05, 0.1) is 5.01 Å².